The van der Waals surface area contributed by atoms with Gasteiger partial charge in [0.25, 0.3) is 0 Å². The summed E-state index contributed by atoms with van der Waals surface area (Å²) in [5.74, 6) is 1.24. The average molecular weight is 430 g/mol. The third-order valence-electron chi connectivity index (χ3n) is 5.88. The minimum Gasteiger partial charge on any atom is -0.505 e. The Labute approximate surface area is 189 Å². The van der Waals surface area contributed by atoms with E-state index in [0.717, 1.165) is 21.9 Å². The number of aromatic hydroxyl groups is 1. The maximum Gasteiger partial charge on any atom is 0.142 e. The van der Waals surface area contributed by atoms with Gasteiger partial charge in [-0.05, 0) is 34.9 Å². The molecule has 3 aromatic carbocycles. The van der Waals surface area contributed by atoms with Crippen molar-refractivity contribution in [3.05, 3.63) is 95.7 Å². The van der Waals surface area contributed by atoms with Gasteiger partial charge in [-0.15, -0.1) is 0 Å². The van der Waals surface area contributed by atoms with E-state index in [0.29, 0.717) is 24.0 Å². The molecule has 0 radical (unpaired) electrons. The lowest BCUT2D eigenvalue weighted by atomic mass is 9.82. The van der Waals surface area contributed by atoms with Gasteiger partial charge in [0.05, 0.1) is 12.3 Å². The van der Waals surface area contributed by atoms with E-state index in [2.05, 4.69) is 37.0 Å². The van der Waals surface area contributed by atoms with Crippen LogP contribution in [0.3, 0.4) is 0 Å². The molecule has 4 rings (SSSR count). The Kier molecular flexibility index (Phi) is 7.68. The molecule has 0 saturated heterocycles. The zero-order chi connectivity index (χ0) is 23.1. The van der Waals surface area contributed by atoms with Gasteiger partial charge in [-0.1, -0.05) is 74.5 Å². The summed E-state index contributed by atoms with van der Waals surface area (Å²) >= 11 is 0. The topological polar surface area (TPSA) is 94.4 Å². The fourth-order valence-electron chi connectivity index (χ4n) is 3.78. The number of methoxy groups -OCH3 is 1. The minimum atomic E-state index is 0.175. The number of phenolic OH excluding ortho intramolecular Hbond substituents is 1. The number of aromatic nitrogens is 1. The summed E-state index contributed by atoms with van der Waals surface area (Å²) in [5, 5.41) is 12.5. The summed E-state index contributed by atoms with van der Waals surface area (Å²) in [4.78, 5) is 3.90. The second-order valence-electron chi connectivity index (χ2n) is 7.92. The lowest BCUT2D eigenvalue weighted by Crippen LogP contribution is -2.06. The number of anilines is 2. The summed E-state index contributed by atoms with van der Waals surface area (Å²) < 4.78 is 4.89. The first-order valence-corrected chi connectivity index (χ1v) is 10.7. The normalized spacial score (nSPS) is 12.6. The highest BCUT2D eigenvalue weighted by Crippen LogP contribution is 2.42. The van der Waals surface area contributed by atoms with Gasteiger partial charge in [0.1, 0.15) is 11.6 Å². The van der Waals surface area contributed by atoms with Gasteiger partial charge in [-0.25, -0.2) is 4.98 Å². The Morgan fingerprint density at radius 1 is 0.906 bits per heavy atom. The number of ether oxygens (including phenoxy) is 1. The van der Waals surface area contributed by atoms with Crippen LogP contribution in [0.5, 0.6) is 5.75 Å². The molecular formula is C27H31N3O2. The highest BCUT2D eigenvalue weighted by atomic mass is 16.5. The molecule has 0 aliphatic heterocycles. The molecule has 1 aromatic heterocycles. The van der Waals surface area contributed by atoms with Crippen LogP contribution in [0.2, 0.25) is 0 Å². The van der Waals surface area contributed by atoms with E-state index in [1.165, 1.54) is 5.56 Å². The number of hydrogen-bond acceptors (Lipinski definition) is 5. The molecule has 5 N–H and O–H groups in total. The largest absolute Gasteiger partial charge is 0.505 e. The van der Waals surface area contributed by atoms with E-state index in [4.69, 9.17) is 16.2 Å². The van der Waals surface area contributed by atoms with Crippen LogP contribution in [0.4, 0.5) is 11.5 Å². The predicted molar refractivity (Wildman–Crippen MR) is 133 cm³/mol. The molecule has 1 heterocycles. The molecule has 0 aliphatic rings. The maximum absolute atomic E-state index is 10.5. The number of nitrogens with zero attached hydrogens (tertiary/aromatic N) is 1. The summed E-state index contributed by atoms with van der Waals surface area (Å²) in [6, 6.07) is 24.1. The van der Waals surface area contributed by atoms with Gasteiger partial charge in [0, 0.05) is 29.8 Å². The quantitative estimate of drug-likeness (QED) is 0.273. The Morgan fingerprint density at radius 2 is 1.59 bits per heavy atom. The number of pyridine rings is 1. The maximum atomic E-state index is 10.5. The van der Waals surface area contributed by atoms with Crippen LogP contribution in [-0.2, 0) is 11.3 Å². The van der Waals surface area contributed by atoms with Crippen molar-refractivity contribution in [3.63, 3.8) is 0 Å². The van der Waals surface area contributed by atoms with Gasteiger partial charge in [-0.3, -0.25) is 0 Å². The van der Waals surface area contributed by atoms with Crippen molar-refractivity contribution in [2.75, 3.05) is 18.6 Å². The molecule has 32 heavy (non-hydrogen) atoms. The summed E-state index contributed by atoms with van der Waals surface area (Å²) in [5.41, 5.74) is 15.2. The third-order valence-corrected chi connectivity index (χ3v) is 5.88. The van der Waals surface area contributed by atoms with Crippen molar-refractivity contribution in [3.8, 4) is 5.75 Å². The molecule has 0 saturated carbocycles. The standard InChI is InChI=1S/C20H21NO.C7H10N2O/c1-13(15-8-4-3-5-9-15)14(2)18-12-16-10-6-7-11-17(16)19(21)20(18)22;1-10-5-6-3-2-4-9-7(6)8/h3-14,22H,21H2,1-2H3;2-4H,5H2,1H3,(H2,8,9). The van der Waals surface area contributed by atoms with E-state index >= 15 is 0 Å². The summed E-state index contributed by atoms with van der Waals surface area (Å²) in [6.45, 7) is 4.85. The molecule has 0 aliphatic carbocycles. The second-order valence-corrected chi connectivity index (χ2v) is 7.92. The first kappa shape index (κ1) is 23.1. The Balaban J connectivity index is 0.000000243. The number of phenols is 1. The van der Waals surface area contributed by atoms with Crippen LogP contribution in [0.15, 0.2) is 79.0 Å². The Hall–Kier alpha value is -3.57. The molecule has 2 unspecified atom stereocenters. The number of fused-ring (bicyclic) bond motifs is 1. The highest BCUT2D eigenvalue weighted by Gasteiger charge is 2.21. The van der Waals surface area contributed by atoms with Crippen molar-refractivity contribution in [1.29, 1.82) is 0 Å². The smallest absolute Gasteiger partial charge is 0.142 e. The fourth-order valence-corrected chi connectivity index (χ4v) is 3.78. The van der Waals surface area contributed by atoms with Crippen molar-refractivity contribution >= 4 is 22.3 Å². The van der Waals surface area contributed by atoms with Gasteiger partial charge in [-0.2, -0.15) is 0 Å². The second kappa shape index (κ2) is 10.6. The van der Waals surface area contributed by atoms with E-state index in [1.54, 1.807) is 13.3 Å². The van der Waals surface area contributed by atoms with Crippen molar-refractivity contribution in [2.45, 2.75) is 32.3 Å². The monoisotopic (exact) mass is 429 g/mol. The van der Waals surface area contributed by atoms with Crippen LogP contribution < -0.4 is 11.5 Å². The predicted octanol–water partition coefficient (Wildman–Crippen LogP) is 5.85. The van der Waals surface area contributed by atoms with Gasteiger partial charge < -0.3 is 21.3 Å². The SMILES string of the molecule is CC(c1ccccc1)C(C)c1cc2ccccc2c(N)c1O.COCc1cccnc1N. The van der Waals surface area contributed by atoms with E-state index < -0.39 is 0 Å². The molecule has 166 valence electrons. The zero-order valence-corrected chi connectivity index (χ0v) is 18.8. The summed E-state index contributed by atoms with van der Waals surface area (Å²) in [7, 11) is 1.63. The lowest BCUT2D eigenvalue weighted by molar-refractivity contribution is 0.185. The Morgan fingerprint density at radius 3 is 2.28 bits per heavy atom. The average Bonchev–Trinajstić information content (AvgIpc) is 2.83. The van der Waals surface area contributed by atoms with Gasteiger partial charge in [0.2, 0.25) is 0 Å². The first-order valence-electron chi connectivity index (χ1n) is 10.7. The molecule has 0 amide bonds. The lowest BCUT2D eigenvalue weighted by Gasteiger charge is -2.23. The highest BCUT2D eigenvalue weighted by molar-refractivity contribution is 5.96. The molecule has 2 atom stereocenters. The van der Waals surface area contributed by atoms with Gasteiger partial charge in [0.15, 0.2) is 0 Å². The zero-order valence-electron chi connectivity index (χ0n) is 18.8. The number of benzene rings is 3. The van der Waals surface area contributed by atoms with Crippen molar-refractivity contribution in [2.24, 2.45) is 0 Å². The number of nitrogen functional groups attached to an aromatic ring is 2. The van der Waals surface area contributed by atoms with E-state index in [1.807, 2.05) is 54.6 Å². The summed E-state index contributed by atoms with van der Waals surface area (Å²) in [6.07, 6.45) is 1.66. The van der Waals surface area contributed by atoms with Gasteiger partial charge >= 0.3 is 0 Å². The number of nitrogens with two attached hydrogens (primary N) is 2. The van der Waals surface area contributed by atoms with Crippen LogP contribution in [-0.4, -0.2) is 17.2 Å². The number of hydrogen-bond donors (Lipinski definition) is 3. The first-order chi connectivity index (χ1) is 15.4. The van der Waals surface area contributed by atoms with E-state index in [9.17, 15) is 5.11 Å². The molecule has 0 bridgehead atoms. The van der Waals surface area contributed by atoms with Crippen molar-refractivity contribution < 1.29 is 9.84 Å². The molecule has 5 nitrogen and oxygen atoms in total. The van der Waals surface area contributed by atoms with E-state index in [-0.39, 0.29) is 11.7 Å². The minimum absolute atomic E-state index is 0.175. The molecule has 0 fully saturated rings. The molecule has 4 aromatic rings. The third kappa shape index (κ3) is 5.18. The van der Waals surface area contributed by atoms with Crippen molar-refractivity contribution in [1.82, 2.24) is 4.98 Å². The Bertz CT molecular complexity index is 1160. The molecule has 0 spiro atoms. The van der Waals surface area contributed by atoms with Crippen LogP contribution in [0.1, 0.15) is 42.4 Å². The fraction of sp³-hybridized carbons (Fsp3) is 0.222. The van der Waals surface area contributed by atoms with Crippen LogP contribution in [0, 0.1) is 0 Å². The number of rotatable bonds is 5. The molecular weight excluding hydrogens is 398 g/mol. The molecule has 5 heteroatoms. The van der Waals surface area contributed by atoms with Crippen LogP contribution in [0.25, 0.3) is 10.8 Å². The van der Waals surface area contributed by atoms with Crippen LogP contribution >= 0.6 is 0 Å².